The highest BCUT2D eigenvalue weighted by atomic mass is 16.5. The number of amides is 1. The maximum Gasteiger partial charge on any atom is 0.255 e. The number of methoxy groups -OCH3 is 1. The molecule has 1 aliphatic heterocycles. The Morgan fingerprint density at radius 1 is 1.05 bits per heavy atom. The van der Waals surface area contributed by atoms with Crippen LogP contribution in [0.4, 0.5) is 11.6 Å². The van der Waals surface area contributed by atoms with Gasteiger partial charge in [0.05, 0.1) is 31.6 Å². The molecule has 0 aliphatic carbocycles. The van der Waals surface area contributed by atoms with Crippen LogP contribution in [-0.4, -0.2) is 46.4 Å². The van der Waals surface area contributed by atoms with Gasteiger partial charge in [0, 0.05) is 5.70 Å². The second-order valence-corrected chi connectivity index (χ2v) is 8.72. The second-order valence-electron chi connectivity index (χ2n) is 8.72. The van der Waals surface area contributed by atoms with Crippen LogP contribution in [-0.2, 0) is 4.79 Å². The Labute approximate surface area is 217 Å². The smallest absolute Gasteiger partial charge is 0.255 e. The molecule has 0 spiro atoms. The third kappa shape index (κ3) is 5.84. The number of para-hydroxylation sites is 2. The molecular formula is C27H34N6O4. The first kappa shape index (κ1) is 26.0. The fraction of sp³-hybridized carbons (Fsp3) is 0.407. The monoisotopic (exact) mass is 506 g/mol. The van der Waals surface area contributed by atoms with Gasteiger partial charge in [-0.05, 0) is 60.5 Å². The van der Waals surface area contributed by atoms with Crippen LogP contribution in [0, 0.1) is 0 Å². The van der Waals surface area contributed by atoms with Crippen molar-refractivity contribution in [1.82, 2.24) is 20.2 Å². The van der Waals surface area contributed by atoms with Gasteiger partial charge in [-0.1, -0.05) is 49.5 Å². The number of allylic oxidation sites excluding steroid dienone is 1. The summed E-state index contributed by atoms with van der Waals surface area (Å²) >= 11 is 0. The minimum atomic E-state index is -0.585. The first-order chi connectivity index (χ1) is 18.1. The minimum absolute atomic E-state index is 0.293. The van der Waals surface area contributed by atoms with E-state index in [0.29, 0.717) is 53.4 Å². The Morgan fingerprint density at radius 3 is 2.68 bits per heavy atom. The molecule has 0 radical (unpaired) electrons. The predicted octanol–water partition coefficient (Wildman–Crippen LogP) is 4.97. The van der Waals surface area contributed by atoms with E-state index in [2.05, 4.69) is 33.1 Å². The molecule has 1 amide bonds. The Kier molecular flexibility index (Phi) is 8.60. The number of benzene rings is 2. The van der Waals surface area contributed by atoms with Gasteiger partial charge in [-0.2, -0.15) is 4.68 Å². The van der Waals surface area contributed by atoms with Crippen molar-refractivity contribution < 1.29 is 19.0 Å². The number of carbonyl (C=O) groups excluding carboxylic acids is 1. The Balaban J connectivity index is 1.65. The molecule has 37 heavy (non-hydrogen) atoms. The van der Waals surface area contributed by atoms with Crippen molar-refractivity contribution in [3.8, 4) is 17.2 Å². The number of hydrogen-bond acceptors (Lipinski definition) is 8. The van der Waals surface area contributed by atoms with Gasteiger partial charge in [0.2, 0.25) is 5.95 Å². The lowest BCUT2D eigenvalue weighted by Crippen LogP contribution is -2.31. The maximum absolute atomic E-state index is 13.7. The summed E-state index contributed by atoms with van der Waals surface area (Å²) in [5.41, 5.74) is 2.49. The molecule has 4 rings (SSSR count). The van der Waals surface area contributed by atoms with Gasteiger partial charge < -0.3 is 24.8 Å². The van der Waals surface area contributed by atoms with E-state index in [-0.39, 0.29) is 5.91 Å². The van der Waals surface area contributed by atoms with Crippen molar-refractivity contribution in [1.29, 1.82) is 0 Å². The highest BCUT2D eigenvalue weighted by Gasteiger charge is 2.35. The van der Waals surface area contributed by atoms with Crippen LogP contribution in [0.3, 0.4) is 0 Å². The molecule has 0 saturated carbocycles. The zero-order valence-corrected chi connectivity index (χ0v) is 21.8. The van der Waals surface area contributed by atoms with E-state index in [0.717, 1.165) is 18.4 Å². The maximum atomic E-state index is 13.7. The fourth-order valence-corrected chi connectivity index (χ4v) is 4.34. The molecule has 1 aromatic heterocycles. The first-order valence-electron chi connectivity index (χ1n) is 12.7. The van der Waals surface area contributed by atoms with Crippen LogP contribution < -0.4 is 24.8 Å². The summed E-state index contributed by atoms with van der Waals surface area (Å²) in [7, 11) is 1.60. The number of carbonyl (C=O) groups is 1. The fourth-order valence-electron chi connectivity index (χ4n) is 4.34. The van der Waals surface area contributed by atoms with E-state index in [9.17, 15) is 4.79 Å². The van der Waals surface area contributed by atoms with E-state index in [1.165, 1.54) is 12.8 Å². The number of anilines is 2. The zero-order chi connectivity index (χ0) is 26.2. The summed E-state index contributed by atoms with van der Waals surface area (Å²) in [6.07, 6.45) is 4.47. The lowest BCUT2D eigenvalue weighted by atomic mass is 9.94. The average Bonchev–Trinajstić information content (AvgIpc) is 3.37. The molecule has 196 valence electrons. The molecule has 1 atom stereocenters. The van der Waals surface area contributed by atoms with E-state index < -0.39 is 6.04 Å². The molecule has 10 heteroatoms. The lowest BCUT2D eigenvalue weighted by molar-refractivity contribution is -0.113. The minimum Gasteiger partial charge on any atom is -0.493 e. The third-order valence-electron chi connectivity index (χ3n) is 6.15. The first-order valence-corrected chi connectivity index (χ1v) is 12.7. The van der Waals surface area contributed by atoms with E-state index in [1.807, 2.05) is 56.3 Å². The summed E-state index contributed by atoms with van der Waals surface area (Å²) in [4.78, 5) is 13.7. The van der Waals surface area contributed by atoms with Crippen molar-refractivity contribution in [2.45, 2.75) is 52.5 Å². The van der Waals surface area contributed by atoms with Gasteiger partial charge in [0.25, 0.3) is 5.91 Å². The molecule has 2 N–H and O–H groups in total. The van der Waals surface area contributed by atoms with Gasteiger partial charge in [-0.3, -0.25) is 4.79 Å². The molecule has 2 heterocycles. The summed E-state index contributed by atoms with van der Waals surface area (Å²) < 4.78 is 18.9. The van der Waals surface area contributed by atoms with Crippen LogP contribution in [0.15, 0.2) is 53.7 Å². The van der Waals surface area contributed by atoms with E-state index in [4.69, 9.17) is 14.2 Å². The normalized spacial score (nSPS) is 14.5. The number of rotatable bonds is 12. The van der Waals surface area contributed by atoms with Crippen molar-refractivity contribution in [3.63, 3.8) is 0 Å². The zero-order valence-electron chi connectivity index (χ0n) is 21.8. The summed E-state index contributed by atoms with van der Waals surface area (Å²) in [6.45, 7) is 7.02. The number of nitrogens with zero attached hydrogens (tertiary/aromatic N) is 4. The number of hydrogen-bond donors (Lipinski definition) is 2. The van der Waals surface area contributed by atoms with Gasteiger partial charge in [-0.25, -0.2) is 0 Å². The molecular weight excluding hydrogens is 472 g/mol. The molecule has 10 nitrogen and oxygen atoms in total. The molecule has 3 aromatic rings. The summed E-state index contributed by atoms with van der Waals surface area (Å²) in [5.74, 6) is 2.00. The number of nitrogens with one attached hydrogen (secondary N) is 2. The Morgan fingerprint density at radius 2 is 1.89 bits per heavy atom. The summed E-state index contributed by atoms with van der Waals surface area (Å²) in [5, 5.41) is 18.2. The third-order valence-corrected chi connectivity index (χ3v) is 6.15. The Bertz CT molecular complexity index is 1260. The van der Waals surface area contributed by atoms with Crippen LogP contribution in [0.25, 0.3) is 0 Å². The molecule has 0 bridgehead atoms. The largest absolute Gasteiger partial charge is 0.493 e. The number of ether oxygens (including phenoxy) is 3. The van der Waals surface area contributed by atoms with Gasteiger partial charge in [0.1, 0.15) is 11.8 Å². The van der Waals surface area contributed by atoms with Gasteiger partial charge in [0.15, 0.2) is 11.5 Å². The van der Waals surface area contributed by atoms with Crippen molar-refractivity contribution in [3.05, 3.63) is 59.3 Å². The molecule has 0 fully saturated rings. The standard InChI is InChI=1S/C27H34N6O4/c1-5-7-8-11-16-37-22-15-14-19(17-23(22)35-4)25-24(18(3)28-27-30-31-32-33(25)27)26(34)29-20-12-9-10-13-21(20)36-6-2/h9-10,12-15,17,25H,5-8,11,16H2,1-4H3,(H,29,34)(H,28,30,32). The number of fused-ring (bicyclic) bond motifs is 1. The van der Waals surface area contributed by atoms with Crippen LogP contribution in [0.5, 0.6) is 17.2 Å². The quantitative estimate of drug-likeness (QED) is 0.331. The molecule has 0 saturated heterocycles. The van der Waals surface area contributed by atoms with E-state index in [1.54, 1.807) is 11.8 Å². The van der Waals surface area contributed by atoms with Crippen LogP contribution in [0.2, 0.25) is 0 Å². The average molecular weight is 507 g/mol. The topological polar surface area (TPSA) is 112 Å². The molecule has 1 unspecified atom stereocenters. The SMILES string of the molecule is CCCCCCOc1ccc(C2C(C(=O)Nc3ccccc3OCC)=C(C)Nc3nnnn32)cc1OC. The van der Waals surface area contributed by atoms with Crippen molar-refractivity contribution in [2.24, 2.45) is 0 Å². The van der Waals surface area contributed by atoms with Crippen LogP contribution >= 0.6 is 0 Å². The second kappa shape index (κ2) is 12.2. The summed E-state index contributed by atoms with van der Waals surface area (Å²) in [6, 6.07) is 12.4. The lowest BCUT2D eigenvalue weighted by Gasteiger charge is -2.28. The number of tetrazole rings is 1. The van der Waals surface area contributed by atoms with Crippen molar-refractivity contribution in [2.75, 3.05) is 31.0 Å². The number of unbranched alkanes of at least 4 members (excludes halogenated alkanes) is 3. The molecule has 2 aromatic carbocycles. The Hall–Kier alpha value is -4.08. The van der Waals surface area contributed by atoms with Gasteiger partial charge >= 0.3 is 0 Å². The van der Waals surface area contributed by atoms with E-state index >= 15 is 0 Å². The van der Waals surface area contributed by atoms with Crippen molar-refractivity contribution >= 4 is 17.5 Å². The van der Waals surface area contributed by atoms with Crippen LogP contribution in [0.1, 0.15) is 58.1 Å². The highest BCUT2D eigenvalue weighted by molar-refractivity contribution is 6.06. The molecule has 1 aliphatic rings. The number of aromatic nitrogens is 4. The van der Waals surface area contributed by atoms with Gasteiger partial charge in [-0.15, -0.1) is 0 Å². The predicted molar refractivity (Wildman–Crippen MR) is 141 cm³/mol. The highest BCUT2D eigenvalue weighted by Crippen LogP contribution is 2.39.